The number of aliphatic imine (C=N–C) groups is 1. The van der Waals surface area contributed by atoms with Gasteiger partial charge < -0.3 is 0 Å². The van der Waals surface area contributed by atoms with E-state index in [4.69, 9.17) is 16.7 Å². The molecule has 2 aromatic carbocycles. The van der Waals surface area contributed by atoms with Crippen LogP contribution >= 0.6 is 11.6 Å². The molecule has 0 spiro atoms. The number of primary sulfonamides is 1. The van der Waals surface area contributed by atoms with Crippen molar-refractivity contribution in [2.45, 2.75) is 18.4 Å². The predicted octanol–water partition coefficient (Wildman–Crippen LogP) is 2.54. The molecule has 0 amide bonds. The summed E-state index contributed by atoms with van der Waals surface area (Å²) in [5.74, 6) is -0.293. The van der Waals surface area contributed by atoms with E-state index in [1.807, 2.05) is 13.0 Å². The van der Waals surface area contributed by atoms with Gasteiger partial charge in [0.2, 0.25) is 10.0 Å². The van der Waals surface area contributed by atoms with Gasteiger partial charge >= 0.3 is 0 Å². The number of hydrogen-bond donors (Lipinski definition) is 1. The molecular weight excluding hydrogens is 336 g/mol. The summed E-state index contributed by atoms with van der Waals surface area (Å²) in [7, 11) is -3.99. The summed E-state index contributed by atoms with van der Waals surface area (Å²) in [6.07, 6.45) is 0. The summed E-state index contributed by atoms with van der Waals surface area (Å²) in [5.41, 5.74) is 3.64. The molecular formula is C16H13ClN2O3S. The summed E-state index contributed by atoms with van der Waals surface area (Å²) < 4.78 is 23.0. The van der Waals surface area contributed by atoms with E-state index < -0.39 is 10.0 Å². The van der Waals surface area contributed by atoms with Crippen LogP contribution in [0, 0.1) is 0 Å². The number of sulfonamides is 1. The minimum Gasteiger partial charge on any atom is -0.289 e. The largest absolute Gasteiger partial charge is 0.289 e. The topological polar surface area (TPSA) is 89.6 Å². The van der Waals surface area contributed by atoms with Gasteiger partial charge in [-0.05, 0) is 36.8 Å². The fourth-order valence-electron chi connectivity index (χ4n) is 2.54. The van der Waals surface area contributed by atoms with E-state index in [0.717, 1.165) is 16.8 Å². The average Bonchev–Trinajstić information content (AvgIpc) is 2.87. The van der Waals surface area contributed by atoms with E-state index in [0.29, 0.717) is 12.1 Å². The molecule has 2 aromatic rings. The monoisotopic (exact) mass is 348 g/mol. The lowest BCUT2D eigenvalue weighted by atomic mass is 9.98. The summed E-state index contributed by atoms with van der Waals surface area (Å²) in [5, 5.41) is 5.10. The molecule has 0 saturated carbocycles. The Hall–Kier alpha value is -2.02. The van der Waals surface area contributed by atoms with Crippen LogP contribution < -0.4 is 5.14 Å². The first-order chi connectivity index (χ1) is 10.8. The summed E-state index contributed by atoms with van der Waals surface area (Å²) in [4.78, 5) is 16.7. The zero-order valence-electron chi connectivity index (χ0n) is 12.2. The zero-order valence-corrected chi connectivity index (χ0v) is 13.8. The van der Waals surface area contributed by atoms with Gasteiger partial charge in [0.25, 0.3) is 0 Å². The molecule has 5 nitrogen and oxygen atoms in total. The van der Waals surface area contributed by atoms with Crippen LogP contribution in [-0.2, 0) is 16.6 Å². The Morgan fingerprint density at radius 2 is 1.83 bits per heavy atom. The molecule has 0 bridgehead atoms. The quantitative estimate of drug-likeness (QED) is 0.864. The minimum atomic E-state index is -3.99. The van der Waals surface area contributed by atoms with Gasteiger partial charge in [-0.1, -0.05) is 23.7 Å². The lowest BCUT2D eigenvalue weighted by molar-refractivity contribution is 0.103. The Labute approximate surface area is 138 Å². The first kappa shape index (κ1) is 15.9. The number of carbonyl (C=O) groups excluding carboxylic acids is 1. The van der Waals surface area contributed by atoms with E-state index in [-0.39, 0.29) is 21.3 Å². The van der Waals surface area contributed by atoms with Crippen LogP contribution in [0.25, 0.3) is 0 Å². The molecule has 0 atom stereocenters. The third kappa shape index (κ3) is 2.93. The summed E-state index contributed by atoms with van der Waals surface area (Å²) in [6.45, 7) is 2.47. The maximum Gasteiger partial charge on any atom is 0.239 e. The molecule has 3 rings (SSSR count). The number of nitrogens with two attached hydrogens (primary N) is 1. The Kier molecular flexibility index (Phi) is 3.83. The van der Waals surface area contributed by atoms with Crippen molar-refractivity contribution in [3.05, 3.63) is 63.7 Å². The van der Waals surface area contributed by atoms with Crippen molar-refractivity contribution >= 4 is 33.1 Å². The normalized spacial score (nSPS) is 13.6. The highest BCUT2D eigenvalue weighted by atomic mass is 35.5. The maximum atomic E-state index is 12.6. The zero-order chi connectivity index (χ0) is 16.8. The molecule has 23 heavy (non-hydrogen) atoms. The second-order valence-corrected chi connectivity index (χ2v) is 7.23. The number of benzene rings is 2. The third-order valence-electron chi connectivity index (χ3n) is 3.74. The number of ketones is 1. The van der Waals surface area contributed by atoms with Gasteiger partial charge in [-0.3, -0.25) is 9.79 Å². The van der Waals surface area contributed by atoms with Gasteiger partial charge in [0.1, 0.15) is 4.90 Å². The van der Waals surface area contributed by atoms with Crippen molar-refractivity contribution in [2.75, 3.05) is 0 Å². The highest BCUT2D eigenvalue weighted by molar-refractivity contribution is 7.89. The number of hydrogen-bond acceptors (Lipinski definition) is 4. The fourth-order valence-corrected chi connectivity index (χ4v) is 3.61. The van der Waals surface area contributed by atoms with E-state index in [1.165, 1.54) is 18.2 Å². The van der Waals surface area contributed by atoms with E-state index >= 15 is 0 Å². The molecule has 7 heteroatoms. The van der Waals surface area contributed by atoms with Crippen molar-refractivity contribution < 1.29 is 13.2 Å². The smallest absolute Gasteiger partial charge is 0.239 e. The number of halogens is 1. The van der Waals surface area contributed by atoms with Gasteiger partial charge in [-0.15, -0.1) is 0 Å². The number of carbonyl (C=O) groups is 1. The molecule has 0 radical (unpaired) electrons. The Morgan fingerprint density at radius 1 is 1.17 bits per heavy atom. The molecule has 0 fully saturated rings. The Morgan fingerprint density at radius 3 is 2.52 bits per heavy atom. The standard InChI is InChI=1S/C16H13ClN2O3S/c1-9-13-4-2-10(6-12(13)8-19-9)16(20)11-3-5-14(17)15(7-11)23(18,21)22/h2-7H,8H2,1H3,(H2,18,21,22). The van der Waals surface area contributed by atoms with Gasteiger partial charge in [-0.25, -0.2) is 13.6 Å². The molecule has 0 aliphatic carbocycles. The summed E-state index contributed by atoms with van der Waals surface area (Å²) >= 11 is 5.84. The van der Waals surface area contributed by atoms with Crippen LogP contribution in [0.5, 0.6) is 0 Å². The van der Waals surface area contributed by atoms with Gasteiger partial charge in [0.15, 0.2) is 5.78 Å². The van der Waals surface area contributed by atoms with Crippen molar-refractivity contribution in [2.24, 2.45) is 10.1 Å². The van der Waals surface area contributed by atoms with Crippen LogP contribution in [0.2, 0.25) is 5.02 Å². The Balaban J connectivity index is 2.02. The van der Waals surface area contributed by atoms with Crippen LogP contribution in [0.1, 0.15) is 34.0 Å². The summed E-state index contributed by atoms with van der Waals surface area (Å²) in [6, 6.07) is 9.38. The molecule has 2 N–H and O–H groups in total. The number of fused-ring (bicyclic) bond motifs is 1. The van der Waals surface area contributed by atoms with Crippen molar-refractivity contribution in [1.29, 1.82) is 0 Å². The van der Waals surface area contributed by atoms with Crippen molar-refractivity contribution in [1.82, 2.24) is 0 Å². The number of rotatable bonds is 3. The molecule has 0 saturated heterocycles. The highest BCUT2D eigenvalue weighted by Gasteiger charge is 2.19. The molecule has 118 valence electrons. The molecule has 1 aliphatic heterocycles. The molecule has 0 unspecified atom stereocenters. The first-order valence-corrected chi connectivity index (χ1v) is 8.71. The SMILES string of the molecule is CC1=NCc2cc(C(=O)c3ccc(Cl)c(S(N)(=O)=O)c3)ccc21. The van der Waals surface area contributed by atoms with Crippen LogP contribution in [0.4, 0.5) is 0 Å². The number of nitrogens with zero attached hydrogens (tertiary/aromatic N) is 1. The maximum absolute atomic E-state index is 12.6. The third-order valence-corrected chi connectivity index (χ3v) is 5.14. The minimum absolute atomic E-state index is 0.0120. The lowest BCUT2D eigenvalue weighted by Crippen LogP contribution is -2.14. The fraction of sp³-hybridized carbons (Fsp3) is 0.125. The van der Waals surface area contributed by atoms with E-state index in [2.05, 4.69) is 4.99 Å². The molecule has 1 heterocycles. The van der Waals surface area contributed by atoms with Crippen LogP contribution in [0.3, 0.4) is 0 Å². The average molecular weight is 349 g/mol. The van der Waals surface area contributed by atoms with Crippen molar-refractivity contribution in [3.8, 4) is 0 Å². The second-order valence-electron chi connectivity index (χ2n) is 5.29. The first-order valence-electron chi connectivity index (χ1n) is 6.79. The lowest BCUT2D eigenvalue weighted by Gasteiger charge is -2.07. The van der Waals surface area contributed by atoms with Gasteiger partial charge in [-0.2, -0.15) is 0 Å². The molecule has 0 aromatic heterocycles. The Bertz CT molecular complexity index is 965. The van der Waals surface area contributed by atoms with E-state index in [9.17, 15) is 13.2 Å². The van der Waals surface area contributed by atoms with Crippen LogP contribution in [0.15, 0.2) is 46.3 Å². The van der Waals surface area contributed by atoms with Gasteiger partial charge in [0, 0.05) is 22.4 Å². The molecule has 1 aliphatic rings. The second kappa shape index (κ2) is 5.56. The highest BCUT2D eigenvalue weighted by Crippen LogP contribution is 2.25. The van der Waals surface area contributed by atoms with Crippen molar-refractivity contribution in [3.63, 3.8) is 0 Å². The van der Waals surface area contributed by atoms with Gasteiger partial charge in [0.05, 0.1) is 11.6 Å². The van der Waals surface area contributed by atoms with E-state index in [1.54, 1.807) is 12.1 Å². The van der Waals surface area contributed by atoms with Crippen LogP contribution in [-0.4, -0.2) is 19.9 Å². The predicted molar refractivity (Wildman–Crippen MR) is 88.6 cm³/mol.